The van der Waals surface area contributed by atoms with Crippen LogP contribution in [0.25, 0.3) is 0 Å². The molecule has 1 aromatic rings. The van der Waals surface area contributed by atoms with Gasteiger partial charge in [0.25, 0.3) is 0 Å². The number of ether oxygens (including phenoxy) is 1. The Morgan fingerprint density at radius 3 is 2.94 bits per heavy atom. The first-order chi connectivity index (χ1) is 8.60. The summed E-state index contributed by atoms with van der Waals surface area (Å²) in [6.07, 6.45) is 1.10. The van der Waals surface area contributed by atoms with Crippen molar-refractivity contribution in [3.05, 3.63) is 11.1 Å². The summed E-state index contributed by atoms with van der Waals surface area (Å²) in [5.74, 6) is 0.336. The van der Waals surface area contributed by atoms with Crippen molar-refractivity contribution in [2.75, 3.05) is 11.9 Å². The molecule has 5 nitrogen and oxygen atoms in total. The molecule has 6 heteroatoms. The van der Waals surface area contributed by atoms with Crippen molar-refractivity contribution < 1.29 is 14.3 Å². The molecule has 98 valence electrons. The number of aromatic nitrogens is 1. The van der Waals surface area contributed by atoms with Crippen LogP contribution >= 0.6 is 11.3 Å². The van der Waals surface area contributed by atoms with Gasteiger partial charge in [0.1, 0.15) is 0 Å². The fourth-order valence-corrected chi connectivity index (χ4v) is 2.40. The highest BCUT2D eigenvalue weighted by Crippen LogP contribution is 2.38. The number of carbonyl (C=O) groups excluding carboxylic acids is 2. The molecule has 0 bridgehead atoms. The molecule has 1 fully saturated rings. The van der Waals surface area contributed by atoms with E-state index in [2.05, 4.69) is 17.2 Å². The Morgan fingerprint density at radius 1 is 1.61 bits per heavy atom. The van der Waals surface area contributed by atoms with E-state index >= 15 is 0 Å². The lowest BCUT2D eigenvalue weighted by Crippen LogP contribution is -2.14. The van der Waals surface area contributed by atoms with Crippen molar-refractivity contribution in [3.8, 4) is 0 Å². The molecule has 1 aliphatic rings. The molecule has 2 atom stereocenters. The molecule has 0 saturated heterocycles. The van der Waals surface area contributed by atoms with Crippen LogP contribution in [0.2, 0.25) is 0 Å². The predicted octanol–water partition coefficient (Wildman–Crippen LogP) is 1.84. The van der Waals surface area contributed by atoms with E-state index in [1.54, 1.807) is 12.3 Å². The molecular weight excluding hydrogens is 252 g/mol. The van der Waals surface area contributed by atoms with E-state index < -0.39 is 0 Å². The summed E-state index contributed by atoms with van der Waals surface area (Å²) in [5.41, 5.74) is 0.637. The molecule has 1 aliphatic carbocycles. The Labute approximate surface area is 110 Å². The molecule has 0 spiro atoms. The van der Waals surface area contributed by atoms with E-state index in [-0.39, 0.29) is 24.2 Å². The van der Waals surface area contributed by atoms with Gasteiger partial charge in [-0.05, 0) is 19.3 Å². The topological polar surface area (TPSA) is 68.3 Å². The van der Waals surface area contributed by atoms with Crippen molar-refractivity contribution in [2.24, 2.45) is 11.8 Å². The lowest BCUT2D eigenvalue weighted by molar-refractivity contribution is -0.142. The number of anilines is 1. The van der Waals surface area contributed by atoms with E-state index in [1.165, 1.54) is 11.3 Å². The lowest BCUT2D eigenvalue weighted by Gasteiger charge is -1.99. The van der Waals surface area contributed by atoms with Crippen molar-refractivity contribution in [2.45, 2.75) is 26.7 Å². The van der Waals surface area contributed by atoms with Gasteiger partial charge in [-0.1, -0.05) is 6.92 Å². The van der Waals surface area contributed by atoms with Crippen molar-refractivity contribution in [1.82, 2.24) is 4.98 Å². The maximum Gasteiger partial charge on any atom is 0.311 e. The highest BCUT2D eigenvalue weighted by atomic mass is 32.1. The highest BCUT2D eigenvalue weighted by molar-refractivity contribution is 7.13. The summed E-state index contributed by atoms with van der Waals surface area (Å²) >= 11 is 1.33. The monoisotopic (exact) mass is 268 g/mol. The van der Waals surface area contributed by atoms with Gasteiger partial charge in [0.05, 0.1) is 18.7 Å². The molecular formula is C12H16N2O3S. The molecule has 0 aliphatic heterocycles. The first-order valence-corrected chi connectivity index (χ1v) is 6.89. The molecule has 0 radical (unpaired) electrons. The number of amides is 1. The van der Waals surface area contributed by atoms with Gasteiger partial charge in [0.15, 0.2) is 5.13 Å². The molecule has 2 unspecified atom stereocenters. The first kappa shape index (κ1) is 13.0. The first-order valence-electron chi connectivity index (χ1n) is 6.01. The Hall–Kier alpha value is -1.43. The molecule has 18 heavy (non-hydrogen) atoms. The van der Waals surface area contributed by atoms with Crippen LogP contribution in [0.1, 0.15) is 26.0 Å². The number of esters is 1. The van der Waals surface area contributed by atoms with Crippen molar-refractivity contribution >= 4 is 28.3 Å². The van der Waals surface area contributed by atoms with E-state index in [4.69, 9.17) is 4.74 Å². The largest absolute Gasteiger partial charge is 0.466 e. The van der Waals surface area contributed by atoms with E-state index in [9.17, 15) is 9.59 Å². The van der Waals surface area contributed by atoms with Crippen LogP contribution in [0.15, 0.2) is 5.38 Å². The Kier molecular flexibility index (Phi) is 3.96. The van der Waals surface area contributed by atoms with Gasteiger partial charge in [0, 0.05) is 11.3 Å². The van der Waals surface area contributed by atoms with E-state index in [0.717, 1.165) is 6.42 Å². The van der Waals surface area contributed by atoms with Crippen LogP contribution in [0, 0.1) is 11.8 Å². The molecule has 2 rings (SSSR count). The third-order valence-corrected chi connectivity index (χ3v) is 3.67. The molecule has 1 N–H and O–H groups in total. The molecule has 1 aromatic heterocycles. The maximum atomic E-state index is 11.7. The summed E-state index contributed by atoms with van der Waals surface area (Å²) in [7, 11) is 0. The van der Waals surface area contributed by atoms with Crippen LogP contribution < -0.4 is 5.32 Å². The minimum atomic E-state index is -0.295. The average molecular weight is 268 g/mol. The Morgan fingerprint density at radius 2 is 2.33 bits per heavy atom. The normalized spacial score (nSPS) is 21.4. The number of carbonyl (C=O) groups is 2. The number of nitrogens with zero attached hydrogens (tertiary/aromatic N) is 1. The van der Waals surface area contributed by atoms with Crippen LogP contribution in [-0.2, 0) is 20.7 Å². The summed E-state index contributed by atoms with van der Waals surface area (Å²) in [4.78, 5) is 27.1. The van der Waals surface area contributed by atoms with Gasteiger partial charge in [-0.25, -0.2) is 4.98 Å². The predicted molar refractivity (Wildman–Crippen MR) is 68.4 cm³/mol. The second-order valence-electron chi connectivity index (χ2n) is 4.43. The quantitative estimate of drug-likeness (QED) is 0.827. The maximum absolute atomic E-state index is 11.7. The van der Waals surface area contributed by atoms with Crippen LogP contribution in [-0.4, -0.2) is 23.5 Å². The minimum Gasteiger partial charge on any atom is -0.466 e. The smallest absolute Gasteiger partial charge is 0.311 e. The second-order valence-corrected chi connectivity index (χ2v) is 5.29. The van der Waals surface area contributed by atoms with Gasteiger partial charge < -0.3 is 10.1 Å². The fraction of sp³-hybridized carbons (Fsp3) is 0.583. The van der Waals surface area contributed by atoms with Crippen LogP contribution in [0.4, 0.5) is 5.13 Å². The number of hydrogen-bond acceptors (Lipinski definition) is 5. The minimum absolute atomic E-state index is 0.0273. The van der Waals surface area contributed by atoms with Gasteiger partial charge in [-0.3, -0.25) is 9.59 Å². The number of thiazole rings is 1. The van der Waals surface area contributed by atoms with Gasteiger partial charge >= 0.3 is 5.97 Å². The highest BCUT2D eigenvalue weighted by Gasteiger charge is 2.39. The zero-order valence-electron chi connectivity index (χ0n) is 10.4. The Bertz CT molecular complexity index is 458. The standard InChI is InChI=1S/C12H16N2O3S/c1-3-17-10(15)5-8-6-18-12(13-8)14-11(16)9-4-7(9)2/h6-7,9H,3-5H2,1-2H3,(H,13,14,16). The van der Waals surface area contributed by atoms with Gasteiger partial charge in [-0.2, -0.15) is 0 Å². The number of rotatable bonds is 5. The molecule has 1 heterocycles. The zero-order chi connectivity index (χ0) is 13.1. The molecule has 1 saturated carbocycles. The lowest BCUT2D eigenvalue weighted by atomic mass is 10.3. The van der Waals surface area contributed by atoms with Gasteiger partial charge in [-0.15, -0.1) is 11.3 Å². The van der Waals surface area contributed by atoms with Crippen molar-refractivity contribution in [3.63, 3.8) is 0 Å². The third-order valence-electron chi connectivity index (χ3n) is 2.86. The zero-order valence-corrected chi connectivity index (χ0v) is 11.3. The van der Waals surface area contributed by atoms with Crippen molar-refractivity contribution in [1.29, 1.82) is 0 Å². The van der Waals surface area contributed by atoms with Gasteiger partial charge in [0.2, 0.25) is 5.91 Å². The van der Waals surface area contributed by atoms with E-state index in [0.29, 0.717) is 23.4 Å². The third kappa shape index (κ3) is 3.29. The fourth-order valence-electron chi connectivity index (χ4n) is 1.69. The summed E-state index contributed by atoms with van der Waals surface area (Å²) in [6, 6.07) is 0. The molecule has 0 aromatic carbocycles. The summed E-state index contributed by atoms with van der Waals surface area (Å²) in [6.45, 7) is 4.19. The summed E-state index contributed by atoms with van der Waals surface area (Å²) in [5, 5.41) is 5.10. The van der Waals surface area contributed by atoms with Crippen LogP contribution in [0.3, 0.4) is 0 Å². The Balaban J connectivity index is 1.86. The average Bonchev–Trinajstić information content (AvgIpc) is 2.88. The second kappa shape index (κ2) is 5.48. The molecule has 1 amide bonds. The van der Waals surface area contributed by atoms with Crippen LogP contribution in [0.5, 0.6) is 0 Å². The SMILES string of the molecule is CCOC(=O)Cc1csc(NC(=O)C2CC2C)n1. The number of nitrogens with one attached hydrogen (secondary N) is 1. The summed E-state index contributed by atoms with van der Waals surface area (Å²) < 4.78 is 4.84. The number of hydrogen-bond donors (Lipinski definition) is 1. The van der Waals surface area contributed by atoms with E-state index in [1.807, 2.05) is 0 Å².